The van der Waals surface area contributed by atoms with Crippen LogP contribution < -0.4 is 21.7 Å². The predicted molar refractivity (Wildman–Crippen MR) is 357 cm³/mol. The minimum atomic E-state index is -1.51. The number of amides is 3. The first kappa shape index (κ1) is 71.1. The van der Waals surface area contributed by atoms with Gasteiger partial charge in [0.15, 0.2) is 11.2 Å². The summed E-state index contributed by atoms with van der Waals surface area (Å²) in [6, 6.07) is 62.6. The maximum absolute atomic E-state index is 14.6. The second-order valence-electron chi connectivity index (χ2n) is 23.7. The monoisotopic (exact) mass is 1270 g/mol. The minimum Gasteiger partial charge on any atom is -0.449 e. The van der Waals surface area contributed by atoms with Crippen molar-refractivity contribution in [3.63, 3.8) is 0 Å². The van der Waals surface area contributed by atoms with Crippen molar-refractivity contribution in [2.24, 2.45) is 5.73 Å². The van der Waals surface area contributed by atoms with Gasteiger partial charge in [-0.15, -0.1) is 0 Å². The number of esters is 2. The average molecular weight is 1280 g/mol. The van der Waals surface area contributed by atoms with Gasteiger partial charge < -0.3 is 45.4 Å². The van der Waals surface area contributed by atoms with Crippen molar-refractivity contribution >= 4 is 53.4 Å². The summed E-state index contributed by atoms with van der Waals surface area (Å²) in [7, 11) is 0. The zero-order valence-corrected chi connectivity index (χ0v) is 53.2. The van der Waals surface area contributed by atoms with Gasteiger partial charge in [-0.2, -0.15) is 0 Å². The highest BCUT2D eigenvalue weighted by atomic mass is 35.5. The maximum atomic E-state index is 14.6. The summed E-state index contributed by atoms with van der Waals surface area (Å²) >= 11 is 13.6. The molecule has 0 bridgehead atoms. The number of hydrogen-bond acceptors (Lipinski definition) is 11. The van der Waals surface area contributed by atoms with E-state index in [0.717, 1.165) is 44.5 Å². The van der Waals surface area contributed by atoms with Gasteiger partial charge >= 0.3 is 30.2 Å². The lowest BCUT2D eigenvalue weighted by Crippen LogP contribution is -2.48. The Morgan fingerprint density at radius 2 is 0.824 bits per heavy atom. The number of nitrogens with one attached hydrogen (secondary N) is 3. The van der Waals surface area contributed by atoms with Crippen molar-refractivity contribution in [1.29, 1.82) is 0 Å². The molecule has 0 radical (unpaired) electrons. The van der Waals surface area contributed by atoms with E-state index in [1.165, 1.54) is 0 Å². The molecule has 478 valence electrons. The Morgan fingerprint density at radius 1 is 0.462 bits per heavy atom. The van der Waals surface area contributed by atoms with E-state index in [4.69, 9.17) is 52.6 Å². The highest BCUT2D eigenvalue weighted by Crippen LogP contribution is 2.47. The summed E-state index contributed by atoms with van der Waals surface area (Å²) in [5.74, 6) is -1.56. The lowest BCUT2D eigenvalue weighted by atomic mass is 9.79. The molecule has 3 amide bonds. The van der Waals surface area contributed by atoms with E-state index >= 15 is 0 Å². The molecule has 9 rings (SSSR count). The molecule has 0 aliphatic heterocycles. The van der Waals surface area contributed by atoms with Crippen LogP contribution in [0.2, 0.25) is 10.0 Å². The predicted octanol–water partition coefficient (Wildman–Crippen LogP) is 15.8. The molecule has 0 fully saturated rings. The third-order valence-corrected chi connectivity index (χ3v) is 15.4. The first-order valence-corrected chi connectivity index (χ1v) is 30.3. The van der Waals surface area contributed by atoms with E-state index in [9.17, 15) is 24.0 Å². The number of fused-ring (bicyclic) bond motifs is 3. The summed E-state index contributed by atoms with van der Waals surface area (Å²) in [6.07, 6.45) is -1.88. The van der Waals surface area contributed by atoms with Gasteiger partial charge in [0.05, 0.1) is 0 Å². The van der Waals surface area contributed by atoms with Gasteiger partial charge in [0.2, 0.25) is 0 Å². The SMILES string of the molecule is C.Cc1ccc(C(OC(=O)C(CCNC(=O)OC(C)(C)C)NC(=O)OCC2c3ccccc3-c3ccccc32)(c2ccccc2)c2ccccc2Cl)cc1.Cc1ccc(C(OC(=O)C(N)CCNC(=O)OC(C)(C)C)(c2ccccc2)c2ccccc2Cl)cc1.F. The zero-order valence-electron chi connectivity index (χ0n) is 51.7. The molecule has 0 aromatic heterocycles. The van der Waals surface area contributed by atoms with Crippen LogP contribution >= 0.6 is 23.2 Å². The largest absolute Gasteiger partial charge is 0.449 e. The molecule has 0 saturated heterocycles. The lowest BCUT2D eigenvalue weighted by Gasteiger charge is -2.37. The third kappa shape index (κ3) is 17.9. The Hall–Kier alpha value is -9.02. The molecule has 14 nitrogen and oxygen atoms in total. The Morgan fingerprint density at radius 3 is 1.24 bits per heavy atom. The van der Waals surface area contributed by atoms with Crippen LogP contribution in [-0.2, 0) is 44.5 Å². The van der Waals surface area contributed by atoms with Crippen LogP contribution in [0, 0.1) is 13.8 Å². The lowest BCUT2D eigenvalue weighted by molar-refractivity contribution is -0.156. The highest BCUT2D eigenvalue weighted by Gasteiger charge is 2.45. The molecule has 8 aromatic rings. The van der Waals surface area contributed by atoms with Crippen LogP contribution in [0.3, 0.4) is 0 Å². The van der Waals surface area contributed by atoms with Crippen molar-refractivity contribution < 1.29 is 52.4 Å². The summed E-state index contributed by atoms with van der Waals surface area (Å²) in [5, 5.41) is 8.91. The van der Waals surface area contributed by atoms with Crippen LogP contribution in [0.25, 0.3) is 11.1 Å². The standard InChI is InChI=1S/C44H43ClN2O6.C29H33ClN2O4.CH4.FH/c1-29-22-24-31(25-23-29)44(30-14-6-5-7-15-30,37-20-12-13-21-38(37)45)52-40(48)39(26-27-46-41(49)53-43(2,3)4)47-42(50)51-28-36-34-18-10-8-16-32(34)33-17-9-11-19-35(33)36;1-20-14-16-22(17-15-20)29(21-10-6-5-7-11-21,23-12-8-9-13-24(23)30)35-26(33)25(31)18-19-32-27(34)36-28(2,3)4;;/h5-25,36,39H,26-28H2,1-4H3,(H,46,49)(H,47,50);5-17,25H,18-19,31H2,1-4H3,(H,32,34);1H4;1H. The quantitative estimate of drug-likeness (QED) is 0.0342. The molecule has 4 atom stereocenters. The third-order valence-electron chi connectivity index (χ3n) is 14.7. The fraction of sp³-hybridized carbons (Fsp3) is 0.284. The van der Waals surface area contributed by atoms with Crippen LogP contribution in [0.15, 0.2) is 206 Å². The van der Waals surface area contributed by atoms with E-state index in [2.05, 4.69) is 28.1 Å². The Bertz CT molecular complexity index is 3690. The summed E-state index contributed by atoms with van der Waals surface area (Å²) in [5.41, 5.74) is 12.4. The van der Waals surface area contributed by atoms with Gasteiger partial charge in [0.25, 0.3) is 0 Å². The van der Waals surface area contributed by atoms with Crippen LogP contribution in [0.1, 0.15) is 123 Å². The number of aryl methyl sites for hydroxylation is 2. The molecule has 4 unspecified atom stereocenters. The van der Waals surface area contributed by atoms with Crippen LogP contribution in [0.5, 0.6) is 0 Å². The first-order chi connectivity index (χ1) is 42.5. The molecule has 1 aliphatic rings. The van der Waals surface area contributed by atoms with Crippen molar-refractivity contribution in [3.8, 4) is 11.1 Å². The normalized spacial score (nSPS) is 13.5. The average Bonchev–Trinajstić information content (AvgIpc) is 1.87. The second kappa shape index (κ2) is 31.6. The number of benzene rings is 8. The van der Waals surface area contributed by atoms with Crippen molar-refractivity contribution in [3.05, 3.63) is 272 Å². The molecule has 0 spiro atoms. The molecule has 0 saturated carbocycles. The molecule has 1 aliphatic carbocycles. The van der Waals surface area contributed by atoms with Crippen molar-refractivity contribution in [2.75, 3.05) is 19.7 Å². The number of carbonyl (C=O) groups excluding carboxylic acids is 5. The summed E-state index contributed by atoms with van der Waals surface area (Å²) in [4.78, 5) is 66.2. The summed E-state index contributed by atoms with van der Waals surface area (Å²) < 4.78 is 29.4. The molecule has 91 heavy (non-hydrogen) atoms. The van der Waals surface area contributed by atoms with Crippen LogP contribution in [-0.4, -0.2) is 73.2 Å². The van der Waals surface area contributed by atoms with E-state index < -0.39 is 64.7 Å². The van der Waals surface area contributed by atoms with Crippen LogP contribution in [0.4, 0.5) is 19.1 Å². The first-order valence-electron chi connectivity index (χ1n) is 29.5. The Labute approximate surface area is 543 Å². The number of ether oxygens (including phenoxy) is 5. The maximum Gasteiger partial charge on any atom is 0.407 e. The molecule has 5 N–H and O–H groups in total. The fourth-order valence-electron chi connectivity index (χ4n) is 10.6. The number of hydrogen-bond donors (Lipinski definition) is 4. The van der Waals surface area contributed by atoms with Gasteiger partial charge in [0, 0.05) is 62.4 Å². The van der Waals surface area contributed by atoms with Gasteiger partial charge in [0.1, 0.15) is 29.9 Å². The highest BCUT2D eigenvalue weighted by molar-refractivity contribution is 6.32. The second-order valence-corrected chi connectivity index (χ2v) is 24.5. The molecule has 17 heteroatoms. The Balaban J connectivity index is 0.000000304. The van der Waals surface area contributed by atoms with E-state index in [-0.39, 0.29) is 50.6 Å². The van der Waals surface area contributed by atoms with E-state index in [0.29, 0.717) is 32.3 Å². The van der Waals surface area contributed by atoms with Crippen molar-refractivity contribution in [2.45, 2.75) is 116 Å². The topological polar surface area (TPSA) is 194 Å². The zero-order chi connectivity index (χ0) is 63.9. The number of halogens is 3. The van der Waals surface area contributed by atoms with Crippen molar-refractivity contribution in [1.82, 2.24) is 16.0 Å². The number of alkyl carbamates (subject to hydrolysis) is 3. The van der Waals surface area contributed by atoms with E-state index in [1.807, 2.05) is 196 Å². The van der Waals surface area contributed by atoms with Gasteiger partial charge in [-0.1, -0.05) is 236 Å². The van der Waals surface area contributed by atoms with E-state index in [1.54, 1.807) is 53.7 Å². The molecular weight excluding hydrogens is 1190 g/mol. The number of carbonyl (C=O) groups is 5. The molecule has 0 heterocycles. The number of rotatable bonds is 19. The van der Waals surface area contributed by atoms with Gasteiger partial charge in [-0.3, -0.25) is 9.50 Å². The van der Waals surface area contributed by atoms with Gasteiger partial charge in [-0.05, 0) is 103 Å². The molecular formula is C74H81Cl2FN4O10. The Kier molecular flexibility index (Phi) is 24.7. The van der Waals surface area contributed by atoms with Gasteiger partial charge in [-0.25, -0.2) is 19.2 Å². The summed E-state index contributed by atoms with van der Waals surface area (Å²) in [6.45, 7) is 14.8. The fourth-order valence-corrected chi connectivity index (χ4v) is 11.1. The minimum absolute atomic E-state index is 0. The number of nitrogens with two attached hydrogens (primary N) is 1. The molecule has 8 aromatic carbocycles. The smallest absolute Gasteiger partial charge is 0.407 e.